The van der Waals surface area contributed by atoms with Gasteiger partial charge in [0.25, 0.3) is 5.91 Å². The van der Waals surface area contributed by atoms with Crippen molar-refractivity contribution in [1.82, 2.24) is 5.32 Å². The summed E-state index contributed by atoms with van der Waals surface area (Å²) in [6, 6.07) is 14.7. The second-order valence-corrected chi connectivity index (χ2v) is 5.61. The van der Waals surface area contributed by atoms with Gasteiger partial charge >= 0.3 is 0 Å². The first kappa shape index (κ1) is 15.1. The molecule has 1 aliphatic rings. The van der Waals surface area contributed by atoms with Gasteiger partial charge in [-0.05, 0) is 36.2 Å². The van der Waals surface area contributed by atoms with Crippen LogP contribution < -0.4 is 15.5 Å². The lowest BCUT2D eigenvalue weighted by atomic mass is 10.1. The number of benzene rings is 2. The Balaban J connectivity index is 1.56. The molecule has 5 nitrogen and oxygen atoms in total. The first-order valence-electron chi connectivity index (χ1n) is 7.60. The normalized spacial score (nSPS) is 12.7. The number of hydrogen-bond acceptors (Lipinski definition) is 3. The van der Waals surface area contributed by atoms with E-state index < -0.39 is 0 Å². The quantitative estimate of drug-likeness (QED) is 0.908. The SMILES string of the molecule is CN1CCc2ccc(NC(=O)CNC(=O)c3ccccc3)cc21. The minimum atomic E-state index is -0.255. The Morgan fingerprint density at radius 1 is 1.13 bits per heavy atom. The first-order valence-corrected chi connectivity index (χ1v) is 7.60. The minimum Gasteiger partial charge on any atom is -0.374 e. The highest BCUT2D eigenvalue weighted by atomic mass is 16.2. The zero-order valence-corrected chi connectivity index (χ0v) is 13.0. The number of fused-ring (bicyclic) bond motifs is 1. The summed E-state index contributed by atoms with van der Waals surface area (Å²) in [6.45, 7) is 0.945. The van der Waals surface area contributed by atoms with Gasteiger partial charge in [0, 0.05) is 30.5 Å². The fourth-order valence-electron chi connectivity index (χ4n) is 2.67. The van der Waals surface area contributed by atoms with Crippen LogP contribution in [0.25, 0.3) is 0 Å². The summed E-state index contributed by atoms with van der Waals surface area (Å²) in [7, 11) is 2.04. The summed E-state index contributed by atoms with van der Waals surface area (Å²) in [5.41, 5.74) is 3.73. The molecule has 0 aliphatic carbocycles. The molecule has 1 aliphatic heterocycles. The zero-order chi connectivity index (χ0) is 16.2. The molecule has 2 amide bonds. The number of amides is 2. The van der Waals surface area contributed by atoms with Crippen LogP contribution in [0.4, 0.5) is 11.4 Å². The summed E-state index contributed by atoms with van der Waals surface area (Å²) in [4.78, 5) is 26.1. The van der Waals surface area contributed by atoms with Crippen molar-refractivity contribution in [1.29, 1.82) is 0 Å². The Bertz CT molecular complexity index is 728. The summed E-state index contributed by atoms with van der Waals surface area (Å²) in [5.74, 6) is -0.496. The van der Waals surface area contributed by atoms with Gasteiger partial charge in [-0.15, -0.1) is 0 Å². The van der Waals surface area contributed by atoms with E-state index in [-0.39, 0.29) is 18.4 Å². The van der Waals surface area contributed by atoms with Crippen LogP contribution in [0.3, 0.4) is 0 Å². The number of hydrogen-bond donors (Lipinski definition) is 2. The molecule has 5 heteroatoms. The maximum absolute atomic E-state index is 12.0. The Labute approximate surface area is 135 Å². The van der Waals surface area contributed by atoms with Crippen molar-refractivity contribution in [3.8, 4) is 0 Å². The number of anilines is 2. The van der Waals surface area contributed by atoms with Crippen LogP contribution in [0.1, 0.15) is 15.9 Å². The number of carbonyl (C=O) groups excluding carboxylic acids is 2. The van der Waals surface area contributed by atoms with Crippen LogP contribution in [0, 0.1) is 0 Å². The van der Waals surface area contributed by atoms with Gasteiger partial charge in [-0.1, -0.05) is 24.3 Å². The highest BCUT2D eigenvalue weighted by Crippen LogP contribution is 2.29. The molecule has 2 aromatic rings. The van der Waals surface area contributed by atoms with Gasteiger partial charge < -0.3 is 15.5 Å². The lowest BCUT2D eigenvalue weighted by molar-refractivity contribution is -0.115. The third-order valence-corrected chi connectivity index (χ3v) is 3.94. The number of nitrogens with one attached hydrogen (secondary N) is 2. The molecule has 0 fully saturated rings. The summed E-state index contributed by atoms with van der Waals surface area (Å²) < 4.78 is 0. The highest BCUT2D eigenvalue weighted by Gasteiger charge is 2.16. The molecule has 118 valence electrons. The fourth-order valence-corrected chi connectivity index (χ4v) is 2.67. The van der Waals surface area contributed by atoms with E-state index in [1.54, 1.807) is 24.3 Å². The standard InChI is InChI=1S/C18H19N3O2/c1-21-10-9-13-7-8-15(11-16(13)21)20-17(22)12-19-18(23)14-5-3-2-4-6-14/h2-8,11H,9-10,12H2,1H3,(H,19,23)(H,20,22). The molecule has 0 saturated carbocycles. The van der Waals surface area contributed by atoms with Crippen molar-refractivity contribution in [3.63, 3.8) is 0 Å². The summed E-state index contributed by atoms with van der Waals surface area (Å²) in [6.07, 6.45) is 1.03. The van der Waals surface area contributed by atoms with E-state index >= 15 is 0 Å². The highest BCUT2D eigenvalue weighted by molar-refractivity contribution is 5.99. The van der Waals surface area contributed by atoms with Crippen molar-refractivity contribution < 1.29 is 9.59 Å². The predicted molar refractivity (Wildman–Crippen MR) is 90.8 cm³/mol. The lowest BCUT2D eigenvalue weighted by Gasteiger charge is -2.13. The molecular formula is C18H19N3O2. The van der Waals surface area contributed by atoms with Crippen LogP contribution in [-0.2, 0) is 11.2 Å². The monoisotopic (exact) mass is 309 g/mol. The maximum atomic E-state index is 12.0. The van der Waals surface area contributed by atoms with Crippen molar-refractivity contribution in [2.24, 2.45) is 0 Å². The molecule has 0 saturated heterocycles. The Morgan fingerprint density at radius 3 is 2.70 bits per heavy atom. The van der Waals surface area contributed by atoms with E-state index in [0.29, 0.717) is 5.56 Å². The molecule has 0 spiro atoms. The summed E-state index contributed by atoms with van der Waals surface area (Å²) >= 11 is 0. The minimum absolute atomic E-state index is 0.0549. The van der Waals surface area contributed by atoms with Gasteiger partial charge in [-0.25, -0.2) is 0 Å². The molecular weight excluding hydrogens is 290 g/mol. The third kappa shape index (κ3) is 3.51. The van der Waals surface area contributed by atoms with Gasteiger partial charge in [0.2, 0.25) is 5.91 Å². The van der Waals surface area contributed by atoms with Gasteiger partial charge in [-0.3, -0.25) is 9.59 Å². The Morgan fingerprint density at radius 2 is 1.91 bits per heavy atom. The molecule has 2 aromatic carbocycles. The lowest BCUT2D eigenvalue weighted by Crippen LogP contribution is -2.32. The number of rotatable bonds is 4. The zero-order valence-electron chi connectivity index (χ0n) is 13.0. The van der Waals surface area contributed by atoms with Crippen molar-refractivity contribution in [3.05, 3.63) is 59.7 Å². The van der Waals surface area contributed by atoms with Crippen LogP contribution in [-0.4, -0.2) is 32.0 Å². The average Bonchev–Trinajstić information content (AvgIpc) is 2.94. The fraction of sp³-hybridized carbons (Fsp3) is 0.222. The van der Waals surface area contributed by atoms with Crippen molar-refractivity contribution in [2.45, 2.75) is 6.42 Å². The van der Waals surface area contributed by atoms with Gasteiger partial charge in [0.15, 0.2) is 0 Å². The molecule has 23 heavy (non-hydrogen) atoms. The average molecular weight is 309 g/mol. The molecule has 1 heterocycles. The number of carbonyl (C=O) groups is 2. The van der Waals surface area contributed by atoms with E-state index in [0.717, 1.165) is 24.3 Å². The second-order valence-electron chi connectivity index (χ2n) is 5.61. The van der Waals surface area contributed by atoms with Gasteiger partial charge in [-0.2, -0.15) is 0 Å². The van der Waals surface area contributed by atoms with E-state index in [1.165, 1.54) is 5.56 Å². The van der Waals surface area contributed by atoms with E-state index in [4.69, 9.17) is 0 Å². The van der Waals surface area contributed by atoms with Crippen LogP contribution >= 0.6 is 0 Å². The summed E-state index contributed by atoms with van der Waals surface area (Å²) in [5, 5.41) is 5.44. The largest absolute Gasteiger partial charge is 0.374 e. The predicted octanol–water partition coefficient (Wildman–Crippen LogP) is 2.05. The second kappa shape index (κ2) is 6.52. The molecule has 0 radical (unpaired) electrons. The topological polar surface area (TPSA) is 61.4 Å². The smallest absolute Gasteiger partial charge is 0.251 e. The van der Waals surface area contributed by atoms with Crippen LogP contribution in [0.15, 0.2) is 48.5 Å². The van der Waals surface area contributed by atoms with E-state index in [1.807, 2.05) is 31.3 Å². The molecule has 2 N–H and O–H groups in total. The third-order valence-electron chi connectivity index (χ3n) is 3.94. The van der Waals surface area contributed by atoms with Crippen LogP contribution in [0.5, 0.6) is 0 Å². The number of likely N-dealkylation sites (N-methyl/N-ethyl adjacent to an activating group) is 1. The molecule has 0 unspecified atom stereocenters. The van der Waals surface area contributed by atoms with Crippen molar-refractivity contribution in [2.75, 3.05) is 30.4 Å². The van der Waals surface area contributed by atoms with Crippen molar-refractivity contribution >= 4 is 23.2 Å². The number of nitrogens with zero attached hydrogens (tertiary/aromatic N) is 1. The molecule has 0 aromatic heterocycles. The first-order chi connectivity index (χ1) is 11.1. The van der Waals surface area contributed by atoms with E-state index in [9.17, 15) is 9.59 Å². The Hall–Kier alpha value is -2.82. The van der Waals surface area contributed by atoms with Gasteiger partial charge in [0.05, 0.1) is 6.54 Å². The molecule has 0 atom stereocenters. The van der Waals surface area contributed by atoms with Gasteiger partial charge in [0.1, 0.15) is 0 Å². The van der Waals surface area contributed by atoms with Crippen LogP contribution in [0.2, 0.25) is 0 Å². The maximum Gasteiger partial charge on any atom is 0.251 e. The Kier molecular flexibility index (Phi) is 4.28. The molecule has 0 bridgehead atoms. The molecule has 3 rings (SSSR count). The van der Waals surface area contributed by atoms with E-state index in [2.05, 4.69) is 15.5 Å².